The average molecular weight is 322 g/mol. The summed E-state index contributed by atoms with van der Waals surface area (Å²) in [5.74, 6) is 0.877. The first-order valence-corrected chi connectivity index (χ1v) is 10.0. The number of nitrogens with one attached hydrogen (secondary N) is 1. The molecule has 2 amide bonds. The SMILES string of the molecule is CC1CCN(C[C@H]2CCCCCN2C(=O)NC2CCCC2)CC1. The van der Waals surface area contributed by atoms with Gasteiger partial charge >= 0.3 is 6.03 Å². The van der Waals surface area contributed by atoms with Gasteiger partial charge < -0.3 is 15.1 Å². The third-order valence-corrected chi connectivity index (χ3v) is 6.17. The molecule has 2 aliphatic heterocycles. The van der Waals surface area contributed by atoms with Crippen LogP contribution in [0.2, 0.25) is 0 Å². The van der Waals surface area contributed by atoms with Crippen molar-refractivity contribution in [2.24, 2.45) is 5.92 Å². The van der Waals surface area contributed by atoms with Gasteiger partial charge in [-0.25, -0.2) is 4.79 Å². The average Bonchev–Trinajstić information content (AvgIpc) is 2.94. The lowest BCUT2D eigenvalue weighted by Gasteiger charge is -2.37. The molecule has 0 aromatic heterocycles. The third-order valence-electron chi connectivity index (χ3n) is 6.17. The van der Waals surface area contributed by atoms with Crippen molar-refractivity contribution in [2.75, 3.05) is 26.2 Å². The van der Waals surface area contributed by atoms with Gasteiger partial charge in [0.2, 0.25) is 0 Å². The molecule has 4 heteroatoms. The van der Waals surface area contributed by atoms with Crippen LogP contribution in [0.15, 0.2) is 0 Å². The Hall–Kier alpha value is -0.770. The van der Waals surface area contributed by atoms with E-state index in [0.29, 0.717) is 12.1 Å². The van der Waals surface area contributed by atoms with E-state index in [2.05, 4.69) is 22.0 Å². The largest absolute Gasteiger partial charge is 0.335 e. The van der Waals surface area contributed by atoms with E-state index in [1.807, 2.05) is 0 Å². The molecule has 3 aliphatic rings. The standard InChI is InChI=1S/C19H35N3O/c1-16-10-13-21(14-11-16)15-18-9-3-2-6-12-22(18)19(23)20-17-7-4-5-8-17/h16-18H,2-15H2,1H3,(H,20,23)/t18-/m1/s1. The lowest BCUT2D eigenvalue weighted by Crippen LogP contribution is -2.52. The maximum atomic E-state index is 12.8. The highest BCUT2D eigenvalue weighted by molar-refractivity contribution is 5.75. The molecule has 2 heterocycles. The highest BCUT2D eigenvalue weighted by Crippen LogP contribution is 2.23. The summed E-state index contributed by atoms with van der Waals surface area (Å²) in [5.41, 5.74) is 0. The van der Waals surface area contributed by atoms with Crippen LogP contribution in [0, 0.1) is 5.92 Å². The number of piperidine rings is 1. The van der Waals surface area contributed by atoms with Crippen molar-refractivity contribution in [1.29, 1.82) is 0 Å². The molecule has 2 saturated heterocycles. The maximum absolute atomic E-state index is 12.8. The molecule has 4 nitrogen and oxygen atoms in total. The van der Waals surface area contributed by atoms with Crippen molar-refractivity contribution in [3.05, 3.63) is 0 Å². The molecule has 0 bridgehead atoms. The normalized spacial score (nSPS) is 28.7. The maximum Gasteiger partial charge on any atom is 0.317 e. The van der Waals surface area contributed by atoms with E-state index in [1.54, 1.807) is 0 Å². The zero-order chi connectivity index (χ0) is 16.1. The van der Waals surface area contributed by atoms with Crippen LogP contribution in [-0.4, -0.2) is 54.1 Å². The van der Waals surface area contributed by atoms with Gasteiger partial charge in [0.05, 0.1) is 0 Å². The predicted octanol–water partition coefficient (Wildman–Crippen LogP) is 3.62. The van der Waals surface area contributed by atoms with Crippen LogP contribution in [0.3, 0.4) is 0 Å². The molecule has 3 rings (SSSR count). The van der Waals surface area contributed by atoms with Crippen molar-refractivity contribution in [3.63, 3.8) is 0 Å². The first-order valence-electron chi connectivity index (χ1n) is 10.0. The molecule has 0 aromatic rings. The Morgan fingerprint density at radius 1 is 0.913 bits per heavy atom. The van der Waals surface area contributed by atoms with Crippen molar-refractivity contribution in [3.8, 4) is 0 Å². The molecule has 132 valence electrons. The van der Waals surface area contributed by atoms with Crippen LogP contribution in [-0.2, 0) is 0 Å². The predicted molar refractivity (Wildman–Crippen MR) is 94.6 cm³/mol. The topological polar surface area (TPSA) is 35.6 Å². The van der Waals surface area contributed by atoms with Crippen molar-refractivity contribution in [2.45, 2.75) is 83.2 Å². The third kappa shape index (κ3) is 4.85. The zero-order valence-electron chi connectivity index (χ0n) is 14.9. The fourth-order valence-electron chi connectivity index (χ4n) is 4.50. The summed E-state index contributed by atoms with van der Waals surface area (Å²) in [7, 11) is 0. The highest BCUT2D eigenvalue weighted by atomic mass is 16.2. The number of rotatable bonds is 3. The van der Waals surface area contributed by atoms with Gasteiger partial charge in [-0.15, -0.1) is 0 Å². The van der Waals surface area contributed by atoms with Crippen molar-refractivity contribution >= 4 is 6.03 Å². The lowest BCUT2D eigenvalue weighted by atomic mass is 9.98. The Balaban J connectivity index is 1.56. The smallest absolute Gasteiger partial charge is 0.317 e. The van der Waals surface area contributed by atoms with E-state index in [0.717, 1.165) is 19.0 Å². The summed E-state index contributed by atoms with van der Waals surface area (Å²) in [6.45, 7) is 6.84. The Bertz CT molecular complexity index is 373. The van der Waals surface area contributed by atoms with Crippen LogP contribution in [0.1, 0.15) is 71.1 Å². The minimum Gasteiger partial charge on any atom is -0.335 e. The number of likely N-dealkylation sites (tertiary alicyclic amines) is 2. The highest BCUT2D eigenvalue weighted by Gasteiger charge is 2.29. The minimum atomic E-state index is 0.217. The molecule has 1 aliphatic carbocycles. The van der Waals surface area contributed by atoms with E-state index in [4.69, 9.17) is 0 Å². The van der Waals surface area contributed by atoms with E-state index >= 15 is 0 Å². The Labute approximate surface area is 142 Å². The fraction of sp³-hybridized carbons (Fsp3) is 0.947. The molecule has 1 saturated carbocycles. The van der Waals surface area contributed by atoms with Crippen LogP contribution in [0.4, 0.5) is 4.79 Å². The van der Waals surface area contributed by atoms with Gasteiger partial charge in [0.1, 0.15) is 0 Å². The van der Waals surface area contributed by atoms with Gasteiger partial charge in [-0.2, -0.15) is 0 Å². The van der Waals surface area contributed by atoms with E-state index < -0.39 is 0 Å². The molecule has 23 heavy (non-hydrogen) atoms. The summed E-state index contributed by atoms with van der Waals surface area (Å²) in [6, 6.07) is 1.07. The molecule has 0 radical (unpaired) electrons. The van der Waals surface area contributed by atoms with E-state index in [9.17, 15) is 4.79 Å². The van der Waals surface area contributed by atoms with Gasteiger partial charge in [-0.05, 0) is 57.5 Å². The minimum absolute atomic E-state index is 0.217. The summed E-state index contributed by atoms with van der Waals surface area (Å²) < 4.78 is 0. The van der Waals surface area contributed by atoms with E-state index in [-0.39, 0.29) is 6.03 Å². The van der Waals surface area contributed by atoms with Crippen LogP contribution in [0.25, 0.3) is 0 Å². The molecule has 0 spiro atoms. The quantitative estimate of drug-likeness (QED) is 0.862. The molecular formula is C19H35N3O. The summed E-state index contributed by atoms with van der Waals surface area (Å²) in [6.07, 6.45) is 12.5. The summed E-state index contributed by atoms with van der Waals surface area (Å²) in [4.78, 5) is 17.6. The zero-order valence-corrected chi connectivity index (χ0v) is 14.9. The van der Waals surface area contributed by atoms with Crippen molar-refractivity contribution in [1.82, 2.24) is 15.1 Å². The second-order valence-corrected chi connectivity index (χ2v) is 8.11. The fourth-order valence-corrected chi connectivity index (χ4v) is 4.50. The van der Waals surface area contributed by atoms with E-state index in [1.165, 1.54) is 77.3 Å². The Morgan fingerprint density at radius 2 is 1.61 bits per heavy atom. The number of urea groups is 1. The van der Waals surface area contributed by atoms with Crippen molar-refractivity contribution < 1.29 is 4.79 Å². The molecule has 0 unspecified atom stereocenters. The van der Waals surface area contributed by atoms with Gasteiger partial charge in [0.15, 0.2) is 0 Å². The lowest BCUT2D eigenvalue weighted by molar-refractivity contribution is 0.122. The number of amides is 2. The molecule has 1 atom stereocenters. The van der Waals surface area contributed by atoms with Gasteiger partial charge in [0.25, 0.3) is 0 Å². The first-order chi connectivity index (χ1) is 11.2. The van der Waals surface area contributed by atoms with Crippen LogP contribution >= 0.6 is 0 Å². The van der Waals surface area contributed by atoms with Gasteiger partial charge in [0, 0.05) is 25.2 Å². The van der Waals surface area contributed by atoms with Crippen LogP contribution in [0.5, 0.6) is 0 Å². The number of nitrogens with zero attached hydrogens (tertiary/aromatic N) is 2. The second-order valence-electron chi connectivity index (χ2n) is 8.11. The first kappa shape index (κ1) is 17.1. The number of carbonyl (C=O) groups excluding carboxylic acids is 1. The second kappa shape index (κ2) is 8.36. The number of carbonyl (C=O) groups is 1. The molecule has 0 aromatic carbocycles. The molecular weight excluding hydrogens is 286 g/mol. The number of hydrogen-bond acceptors (Lipinski definition) is 2. The molecule has 1 N–H and O–H groups in total. The summed E-state index contributed by atoms with van der Waals surface area (Å²) >= 11 is 0. The Morgan fingerprint density at radius 3 is 2.35 bits per heavy atom. The van der Waals surface area contributed by atoms with Crippen LogP contribution < -0.4 is 5.32 Å². The number of hydrogen-bond donors (Lipinski definition) is 1. The summed E-state index contributed by atoms with van der Waals surface area (Å²) in [5, 5.41) is 3.32. The Kier molecular flexibility index (Phi) is 6.21. The van der Waals surface area contributed by atoms with Gasteiger partial charge in [-0.3, -0.25) is 0 Å². The molecule has 3 fully saturated rings. The van der Waals surface area contributed by atoms with Gasteiger partial charge in [-0.1, -0.05) is 32.6 Å². The monoisotopic (exact) mass is 321 g/mol.